The molecular formula is C58H90O24. The van der Waals surface area contributed by atoms with Crippen LogP contribution < -0.4 is 0 Å². The highest BCUT2D eigenvalue weighted by molar-refractivity contribution is 5.89. The molecule has 3 saturated heterocycles. The molecule has 5 aliphatic carbocycles. The molecular weight excluding hydrogens is 1080 g/mol. The van der Waals surface area contributed by atoms with Crippen LogP contribution in [0.1, 0.15) is 114 Å². The fourth-order valence-corrected chi connectivity index (χ4v) is 16.4. The second-order valence-corrected chi connectivity index (χ2v) is 26.3. The van der Waals surface area contributed by atoms with Crippen LogP contribution in [0.15, 0.2) is 34.9 Å². The second-order valence-electron chi connectivity index (χ2n) is 26.3. The highest BCUT2D eigenvalue weighted by Gasteiger charge is 2.74. The number of hydrogen-bond donors (Lipinski definition) is 13. The Balaban J connectivity index is 1.12. The van der Waals surface area contributed by atoms with E-state index in [9.17, 15) is 80.8 Å². The quantitative estimate of drug-likeness (QED) is 0.0430. The van der Waals surface area contributed by atoms with Crippen molar-refractivity contribution in [2.24, 2.45) is 50.2 Å². The Labute approximate surface area is 477 Å². The number of allylic oxidation sites excluding steroid dienone is 4. The molecule has 4 saturated carbocycles. The number of carboxylic acid groups (broad SMARTS) is 1. The van der Waals surface area contributed by atoms with E-state index in [2.05, 4.69) is 26.8 Å². The Kier molecular flexibility index (Phi) is 18.9. The zero-order valence-electron chi connectivity index (χ0n) is 48.5. The van der Waals surface area contributed by atoms with Gasteiger partial charge in [0.25, 0.3) is 0 Å². The number of fused-ring (bicyclic) bond motifs is 7. The third-order valence-electron chi connectivity index (χ3n) is 21.7. The third kappa shape index (κ3) is 10.4. The predicted octanol–water partition coefficient (Wildman–Crippen LogP) is -0.375. The van der Waals surface area contributed by atoms with Crippen LogP contribution in [0.2, 0.25) is 0 Å². The molecule has 0 bridgehead atoms. The highest BCUT2D eigenvalue weighted by atomic mass is 16.8. The molecule has 0 aromatic rings. The highest BCUT2D eigenvalue weighted by Crippen LogP contribution is 2.76. The summed E-state index contributed by atoms with van der Waals surface area (Å²) in [7, 11) is 0. The van der Waals surface area contributed by atoms with Crippen molar-refractivity contribution in [1.29, 1.82) is 0 Å². The van der Waals surface area contributed by atoms with Gasteiger partial charge in [-0.05, 0) is 107 Å². The van der Waals surface area contributed by atoms with E-state index in [0.29, 0.717) is 43.3 Å². The summed E-state index contributed by atoms with van der Waals surface area (Å²) < 4.78 is 48.6. The monoisotopic (exact) mass is 1170 g/mol. The number of aliphatic hydroxyl groups is 12. The van der Waals surface area contributed by atoms with Gasteiger partial charge in [0.05, 0.1) is 44.1 Å². The van der Waals surface area contributed by atoms with E-state index in [-0.39, 0.29) is 24.7 Å². The maximum atomic E-state index is 13.8. The molecule has 0 radical (unpaired) electrons. The molecule has 8 rings (SSSR count). The number of carbonyl (C=O) groups excluding carboxylic acids is 2. The van der Waals surface area contributed by atoms with Gasteiger partial charge in [-0.15, -0.1) is 0 Å². The van der Waals surface area contributed by atoms with Crippen molar-refractivity contribution in [3.05, 3.63) is 34.9 Å². The van der Waals surface area contributed by atoms with Gasteiger partial charge in [-0.3, -0.25) is 0 Å². The maximum absolute atomic E-state index is 13.8. The number of carbonyl (C=O) groups is 3. The Morgan fingerprint density at radius 3 is 1.66 bits per heavy atom. The lowest BCUT2D eigenvalue weighted by Crippen LogP contribution is -2.72. The van der Waals surface area contributed by atoms with Crippen molar-refractivity contribution in [3.8, 4) is 0 Å². The fourth-order valence-electron chi connectivity index (χ4n) is 16.4. The number of aliphatic carboxylic acids is 1. The summed E-state index contributed by atoms with van der Waals surface area (Å²) in [5.74, 6) is -3.95. The number of esters is 2. The van der Waals surface area contributed by atoms with Crippen LogP contribution in [-0.2, 0) is 52.3 Å². The normalized spacial score (nSPS) is 49.5. The zero-order chi connectivity index (χ0) is 60.7. The topological polar surface area (TPSA) is 388 Å². The number of aliphatic hydroxyl groups excluding tert-OH is 12. The summed E-state index contributed by atoms with van der Waals surface area (Å²) in [6.07, 6.45) is -25.1. The van der Waals surface area contributed by atoms with E-state index in [1.54, 1.807) is 39.8 Å². The minimum absolute atomic E-state index is 0.0973. The smallest absolute Gasteiger partial charge is 0.335 e. The molecule has 0 spiro atoms. The minimum atomic E-state index is -2.18. The summed E-state index contributed by atoms with van der Waals surface area (Å²) in [6.45, 7) is 16.2. The van der Waals surface area contributed by atoms with Crippen molar-refractivity contribution in [2.75, 3.05) is 26.4 Å². The molecule has 3 aliphatic heterocycles. The van der Waals surface area contributed by atoms with Crippen molar-refractivity contribution >= 4 is 17.9 Å². The van der Waals surface area contributed by atoms with Gasteiger partial charge in [0.2, 0.25) is 0 Å². The summed E-state index contributed by atoms with van der Waals surface area (Å²) in [5, 5.41) is 144. The molecule has 82 heavy (non-hydrogen) atoms. The first kappa shape index (κ1) is 64.9. The molecule has 24 nitrogen and oxygen atoms in total. The first-order valence-electron chi connectivity index (χ1n) is 28.8. The largest absolute Gasteiger partial charge is 0.479 e. The Morgan fingerprint density at radius 1 is 0.622 bits per heavy atom. The number of rotatable bonds is 15. The van der Waals surface area contributed by atoms with Crippen LogP contribution in [0.4, 0.5) is 0 Å². The Hall–Kier alpha value is -3.09. The van der Waals surface area contributed by atoms with Gasteiger partial charge >= 0.3 is 17.9 Å². The van der Waals surface area contributed by atoms with Gasteiger partial charge in [-0.25, -0.2) is 14.4 Å². The van der Waals surface area contributed by atoms with E-state index >= 15 is 0 Å². The van der Waals surface area contributed by atoms with Crippen LogP contribution in [0.5, 0.6) is 0 Å². The maximum Gasteiger partial charge on any atom is 0.335 e. The number of carboxylic acids is 1. The van der Waals surface area contributed by atoms with Crippen molar-refractivity contribution < 1.29 is 119 Å². The summed E-state index contributed by atoms with van der Waals surface area (Å²) in [6, 6.07) is 0. The molecule has 3 heterocycles. The first-order chi connectivity index (χ1) is 38.4. The van der Waals surface area contributed by atoms with E-state index in [1.807, 2.05) is 20.8 Å². The molecule has 7 fully saturated rings. The molecule has 466 valence electrons. The van der Waals surface area contributed by atoms with E-state index in [0.717, 1.165) is 5.57 Å². The first-order valence-corrected chi connectivity index (χ1v) is 28.8. The molecule has 0 amide bonds. The number of ether oxygens (including phenoxy) is 8. The third-order valence-corrected chi connectivity index (χ3v) is 21.7. The lowest BCUT2D eigenvalue weighted by Gasteiger charge is -2.72. The van der Waals surface area contributed by atoms with Gasteiger partial charge in [0, 0.05) is 22.0 Å². The molecule has 0 aromatic carbocycles. The van der Waals surface area contributed by atoms with Crippen LogP contribution in [0.3, 0.4) is 0 Å². The van der Waals surface area contributed by atoms with Crippen molar-refractivity contribution in [1.82, 2.24) is 0 Å². The van der Waals surface area contributed by atoms with Gasteiger partial charge in [0.15, 0.2) is 31.1 Å². The lowest BCUT2D eigenvalue weighted by molar-refractivity contribution is -0.392. The predicted molar refractivity (Wildman–Crippen MR) is 283 cm³/mol. The number of hydrogen-bond acceptors (Lipinski definition) is 23. The Morgan fingerprint density at radius 2 is 1.16 bits per heavy atom. The summed E-state index contributed by atoms with van der Waals surface area (Å²) in [4.78, 5) is 40.6. The van der Waals surface area contributed by atoms with E-state index in [1.165, 1.54) is 0 Å². The SMILES string of the molecule is C/C=C(/C)C(=O)O[C@H]1[C@H](OC(=O)/C(C)=C\C)[C@]2(CO)[C@H](O)C[C@]3(C)C(=CC[C@@H]4[C@@]5(C)CC[C@H](O[C@@H]6O[C@H](C(=O)O)[C@@H](O[C@@H]7O[C@H](CO)[C@@H](O)[C@H](O)[C@H]7O)[C@H](O)[C@H]6O[C@@H]6O[C@H](CO)[C@@H](O)[C@H](O)[C@H]6O)[C@](C)(CO)[C@@H]5CC[C@]43C)[C@@H]2CC1(C)C. The molecule has 24 heteroatoms. The van der Waals surface area contributed by atoms with Crippen molar-refractivity contribution in [2.45, 2.75) is 231 Å². The summed E-state index contributed by atoms with van der Waals surface area (Å²) in [5.41, 5.74) is -3.63. The van der Waals surface area contributed by atoms with E-state index in [4.69, 9.17) is 37.9 Å². The molecule has 0 unspecified atom stereocenters. The van der Waals surface area contributed by atoms with Crippen LogP contribution >= 0.6 is 0 Å². The van der Waals surface area contributed by atoms with Crippen LogP contribution in [-0.4, -0.2) is 227 Å². The standard InChI is InChI=1S/C58H90O24/c1-11-25(3)48(73)81-45-46(82-49(74)26(4)12-2)58(24-62)28(19-53(45,5)6)27-13-14-32-54(7)17-16-34(55(8,23-61)31(54)15-18-56(32,9)57(27,10)20-33(58)63)77-52-43(79-51-40(69)38(67)36(65)30(22-60)76-51)41(70)42(44(80-52)47(71)72)78-50-39(68)37(66)35(64)29(21-59)75-50/h11-13,28-46,50-52,59-70H,14-24H2,1-10H3,(H,71,72)/b25-11-,26-12-/t28-,29+,30+,31+,32+,33+,34-,35+,36+,37-,38-,39+,40+,41-,42-,43+,44-,45-,46-,50-,51-,52+,54-,55+,56+,57+,58-/m0/s1. The molecule has 8 aliphatic rings. The second kappa shape index (κ2) is 23.9. The lowest BCUT2D eigenvalue weighted by atomic mass is 9.33. The average molecular weight is 1170 g/mol. The zero-order valence-corrected chi connectivity index (χ0v) is 48.5. The fraction of sp³-hybridized carbons (Fsp3) is 0.845. The van der Waals surface area contributed by atoms with Gasteiger partial charge in [0.1, 0.15) is 73.2 Å². The van der Waals surface area contributed by atoms with Gasteiger partial charge in [-0.2, -0.15) is 0 Å². The molecule has 0 aromatic heterocycles. The minimum Gasteiger partial charge on any atom is -0.479 e. The van der Waals surface area contributed by atoms with Gasteiger partial charge < -0.3 is 104 Å². The molecule has 13 N–H and O–H groups in total. The van der Waals surface area contributed by atoms with Gasteiger partial charge in [-0.1, -0.05) is 65.3 Å². The van der Waals surface area contributed by atoms with Crippen LogP contribution in [0.25, 0.3) is 0 Å². The van der Waals surface area contributed by atoms with Crippen molar-refractivity contribution in [3.63, 3.8) is 0 Å². The summed E-state index contributed by atoms with van der Waals surface area (Å²) >= 11 is 0. The molecule has 27 atom stereocenters. The Bertz CT molecular complexity index is 2430. The van der Waals surface area contributed by atoms with Crippen LogP contribution in [0, 0.1) is 50.2 Å². The average Bonchev–Trinajstić information content (AvgIpc) is 1.64. The van der Waals surface area contributed by atoms with E-state index < -0.39 is 199 Å².